The van der Waals surface area contributed by atoms with Gasteiger partial charge in [0.05, 0.1) is 29.1 Å². The van der Waals surface area contributed by atoms with Crippen molar-refractivity contribution >= 4 is 27.3 Å². The molecule has 4 aromatic rings. The van der Waals surface area contributed by atoms with Crippen molar-refractivity contribution in [3.05, 3.63) is 59.6 Å². The minimum atomic E-state index is 0.458. The Hall–Kier alpha value is -2.31. The fourth-order valence-electron chi connectivity index (χ4n) is 2.17. The van der Waals surface area contributed by atoms with E-state index >= 15 is 0 Å². The predicted octanol–water partition coefficient (Wildman–Crippen LogP) is 3.06. The number of aromatic nitrogens is 4. The van der Waals surface area contributed by atoms with Gasteiger partial charge in [-0.2, -0.15) is 0 Å². The Balaban J connectivity index is 1.44. The Kier molecular flexibility index (Phi) is 3.10. The van der Waals surface area contributed by atoms with E-state index in [2.05, 4.69) is 21.0 Å². The van der Waals surface area contributed by atoms with Crippen LogP contribution in [0.4, 0.5) is 0 Å². The van der Waals surface area contributed by atoms with Crippen LogP contribution in [0.3, 0.4) is 0 Å². The monoisotopic (exact) mass is 296 g/mol. The first kappa shape index (κ1) is 12.4. The summed E-state index contributed by atoms with van der Waals surface area (Å²) in [5, 5.41) is 0.984. The summed E-state index contributed by atoms with van der Waals surface area (Å²) in [7, 11) is 0. The Bertz CT molecular complexity index is 759. The lowest BCUT2D eigenvalue weighted by atomic mass is 10.3. The summed E-state index contributed by atoms with van der Waals surface area (Å²) >= 11 is 1.66. The highest BCUT2D eigenvalue weighted by Crippen LogP contribution is 2.22. The second kappa shape index (κ2) is 5.23. The van der Waals surface area contributed by atoms with Crippen LogP contribution in [0.5, 0.6) is 0 Å². The molecule has 21 heavy (non-hydrogen) atoms. The largest absolute Gasteiger partial charge is 0.368 e. The van der Waals surface area contributed by atoms with Crippen LogP contribution in [0.2, 0.25) is 0 Å². The first-order chi connectivity index (χ1) is 10.4. The van der Waals surface area contributed by atoms with Gasteiger partial charge < -0.3 is 4.74 Å². The van der Waals surface area contributed by atoms with Gasteiger partial charge in [-0.3, -0.25) is 4.40 Å². The number of para-hydroxylation sites is 1. The molecule has 104 valence electrons. The third-order valence-corrected chi connectivity index (χ3v) is 4.11. The number of thiazole rings is 1. The van der Waals surface area contributed by atoms with E-state index in [1.165, 1.54) is 4.70 Å². The summed E-state index contributed by atoms with van der Waals surface area (Å²) in [4.78, 5) is 13.1. The Morgan fingerprint density at radius 1 is 1.10 bits per heavy atom. The van der Waals surface area contributed by atoms with Gasteiger partial charge >= 0.3 is 0 Å². The molecule has 0 spiro atoms. The molecule has 3 heterocycles. The predicted molar refractivity (Wildman–Crippen MR) is 81.1 cm³/mol. The third kappa shape index (κ3) is 2.51. The van der Waals surface area contributed by atoms with Crippen LogP contribution in [-0.4, -0.2) is 19.4 Å². The van der Waals surface area contributed by atoms with Crippen LogP contribution in [0.15, 0.2) is 48.9 Å². The standard InChI is InChI=1S/C15H12N4OS/c1-2-5-13-12(4-1)18-14(21-13)10-20-9-11-8-19-7-3-6-16-15(19)17-11/h1-8H,9-10H2. The second-order valence-electron chi connectivity index (χ2n) is 4.63. The maximum Gasteiger partial charge on any atom is 0.233 e. The molecule has 0 aliphatic heterocycles. The third-order valence-electron chi connectivity index (χ3n) is 3.10. The molecule has 0 atom stereocenters. The smallest absolute Gasteiger partial charge is 0.233 e. The van der Waals surface area contributed by atoms with Gasteiger partial charge in [0.2, 0.25) is 5.78 Å². The minimum Gasteiger partial charge on any atom is -0.368 e. The summed E-state index contributed by atoms with van der Waals surface area (Å²) in [6.07, 6.45) is 5.58. The van der Waals surface area contributed by atoms with Crippen molar-refractivity contribution in [2.75, 3.05) is 0 Å². The highest BCUT2D eigenvalue weighted by Gasteiger charge is 2.05. The van der Waals surface area contributed by atoms with Crippen molar-refractivity contribution in [1.82, 2.24) is 19.4 Å². The molecule has 0 bridgehead atoms. The average molecular weight is 296 g/mol. The molecule has 0 aliphatic rings. The van der Waals surface area contributed by atoms with Gasteiger partial charge in [0.25, 0.3) is 0 Å². The fourth-order valence-corrected chi connectivity index (χ4v) is 3.08. The van der Waals surface area contributed by atoms with Crippen molar-refractivity contribution in [1.29, 1.82) is 0 Å². The first-order valence-corrected chi connectivity index (χ1v) is 7.41. The van der Waals surface area contributed by atoms with Crippen molar-refractivity contribution in [2.24, 2.45) is 0 Å². The molecule has 0 amide bonds. The van der Waals surface area contributed by atoms with Gasteiger partial charge in [0.15, 0.2) is 0 Å². The molecule has 0 saturated heterocycles. The van der Waals surface area contributed by atoms with Gasteiger partial charge in [-0.15, -0.1) is 11.3 Å². The number of nitrogens with zero attached hydrogens (tertiary/aromatic N) is 4. The molecule has 5 nitrogen and oxygen atoms in total. The van der Waals surface area contributed by atoms with Crippen molar-refractivity contribution < 1.29 is 4.74 Å². The summed E-state index contributed by atoms with van der Waals surface area (Å²) in [6.45, 7) is 0.958. The molecule has 0 fully saturated rings. The lowest BCUT2D eigenvalue weighted by Crippen LogP contribution is -1.93. The van der Waals surface area contributed by atoms with E-state index in [1.807, 2.05) is 41.1 Å². The number of rotatable bonds is 4. The van der Waals surface area contributed by atoms with Gasteiger partial charge in [0, 0.05) is 18.6 Å². The molecular weight excluding hydrogens is 284 g/mol. The first-order valence-electron chi connectivity index (χ1n) is 6.59. The van der Waals surface area contributed by atoms with Gasteiger partial charge in [-0.1, -0.05) is 12.1 Å². The molecule has 0 saturated carbocycles. The lowest BCUT2D eigenvalue weighted by molar-refractivity contribution is 0.105. The lowest BCUT2D eigenvalue weighted by Gasteiger charge is -1.97. The van der Waals surface area contributed by atoms with Crippen LogP contribution in [0, 0.1) is 0 Å². The molecule has 6 heteroatoms. The van der Waals surface area contributed by atoms with Crippen molar-refractivity contribution in [3.8, 4) is 0 Å². The molecule has 0 aliphatic carbocycles. The zero-order valence-electron chi connectivity index (χ0n) is 11.1. The molecule has 4 rings (SSSR count). The van der Waals surface area contributed by atoms with E-state index in [-0.39, 0.29) is 0 Å². The normalized spacial score (nSPS) is 11.4. The Morgan fingerprint density at radius 3 is 2.95 bits per heavy atom. The number of fused-ring (bicyclic) bond motifs is 2. The van der Waals surface area contributed by atoms with Crippen LogP contribution < -0.4 is 0 Å². The molecule has 3 aromatic heterocycles. The van der Waals surface area contributed by atoms with Crippen molar-refractivity contribution in [2.45, 2.75) is 13.2 Å². The second-order valence-corrected chi connectivity index (χ2v) is 5.74. The molecule has 0 radical (unpaired) electrons. The van der Waals surface area contributed by atoms with E-state index in [9.17, 15) is 0 Å². The topological polar surface area (TPSA) is 52.3 Å². The van der Waals surface area contributed by atoms with Gasteiger partial charge in [0.1, 0.15) is 5.01 Å². The van der Waals surface area contributed by atoms with E-state index < -0.39 is 0 Å². The summed E-state index contributed by atoms with van der Waals surface area (Å²) < 4.78 is 8.78. The zero-order chi connectivity index (χ0) is 14.1. The fraction of sp³-hybridized carbons (Fsp3) is 0.133. The SMILES string of the molecule is c1ccc2sc(COCc3cn4cccnc4n3)nc2c1. The maximum absolute atomic E-state index is 5.71. The summed E-state index contributed by atoms with van der Waals surface area (Å²) in [5.41, 5.74) is 1.90. The highest BCUT2D eigenvalue weighted by molar-refractivity contribution is 7.18. The molecule has 0 N–H and O–H groups in total. The Morgan fingerprint density at radius 2 is 2.05 bits per heavy atom. The van der Waals surface area contributed by atoms with Crippen LogP contribution >= 0.6 is 11.3 Å². The quantitative estimate of drug-likeness (QED) is 0.581. The number of benzene rings is 1. The number of hydrogen-bond acceptors (Lipinski definition) is 5. The van der Waals surface area contributed by atoms with E-state index in [1.54, 1.807) is 17.5 Å². The number of imidazole rings is 1. The van der Waals surface area contributed by atoms with E-state index in [4.69, 9.17) is 4.74 Å². The van der Waals surface area contributed by atoms with Gasteiger partial charge in [-0.05, 0) is 18.2 Å². The van der Waals surface area contributed by atoms with E-state index in [0.29, 0.717) is 19.0 Å². The average Bonchev–Trinajstić information content (AvgIpc) is 3.09. The summed E-state index contributed by atoms with van der Waals surface area (Å²) in [5.74, 6) is 0.691. The molecule has 0 unspecified atom stereocenters. The molecular formula is C15H12N4OS. The highest BCUT2D eigenvalue weighted by atomic mass is 32.1. The van der Waals surface area contributed by atoms with Gasteiger partial charge in [-0.25, -0.2) is 15.0 Å². The van der Waals surface area contributed by atoms with Crippen molar-refractivity contribution in [3.63, 3.8) is 0 Å². The van der Waals surface area contributed by atoms with Crippen LogP contribution in [0.1, 0.15) is 10.7 Å². The number of hydrogen-bond donors (Lipinski definition) is 0. The van der Waals surface area contributed by atoms with E-state index in [0.717, 1.165) is 16.2 Å². The minimum absolute atomic E-state index is 0.458. The maximum atomic E-state index is 5.71. The van der Waals surface area contributed by atoms with Crippen LogP contribution in [-0.2, 0) is 18.0 Å². The van der Waals surface area contributed by atoms with Crippen LogP contribution in [0.25, 0.3) is 16.0 Å². The number of ether oxygens (including phenoxy) is 1. The molecule has 1 aromatic carbocycles. The Labute approximate surface area is 124 Å². The zero-order valence-corrected chi connectivity index (χ0v) is 12.0. The summed E-state index contributed by atoms with van der Waals surface area (Å²) in [6, 6.07) is 9.99.